The van der Waals surface area contributed by atoms with Crippen molar-refractivity contribution in [2.45, 2.75) is 33.8 Å². The van der Waals surface area contributed by atoms with Crippen LogP contribution in [0.1, 0.15) is 32.8 Å². The number of hydrogen-bond donors (Lipinski definition) is 1. The van der Waals surface area contributed by atoms with Gasteiger partial charge in [0.2, 0.25) is 0 Å². The molecule has 0 unspecified atom stereocenters. The molecule has 0 aliphatic rings. The second-order valence-electron chi connectivity index (χ2n) is 5.21. The molecule has 1 N–H and O–H groups in total. The summed E-state index contributed by atoms with van der Waals surface area (Å²) in [6.45, 7) is 7.28. The van der Waals surface area contributed by atoms with Gasteiger partial charge in [-0.15, -0.1) is 0 Å². The van der Waals surface area contributed by atoms with E-state index >= 15 is 0 Å². The van der Waals surface area contributed by atoms with Gasteiger partial charge in [-0.2, -0.15) is 0 Å². The van der Waals surface area contributed by atoms with Crippen LogP contribution in [0, 0.1) is 5.41 Å². The van der Waals surface area contributed by atoms with E-state index in [4.69, 9.17) is 9.84 Å². The second kappa shape index (κ2) is 6.21. The van der Waals surface area contributed by atoms with Crippen LogP contribution in [0.3, 0.4) is 0 Å². The summed E-state index contributed by atoms with van der Waals surface area (Å²) in [5.41, 5.74) is 1.12. The summed E-state index contributed by atoms with van der Waals surface area (Å²) in [7, 11) is 0. The largest absolute Gasteiger partial charge is 0.491 e. The molecule has 1 aromatic rings. The van der Waals surface area contributed by atoms with E-state index in [-0.39, 0.29) is 12.0 Å². The Labute approximate surface area is 120 Å². The highest BCUT2D eigenvalue weighted by Gasteiger charge is 2.13. The van der Waals surface area contributed by atoms with Crippen molar-refractivity contribution in [1.82, 2.24) is 0 Å². The minimum Gasteiger partial charge on any atom is -0.491 e. The van der Waals surface area contributed by atoms with Crippen LogP contribution in [-0.2, 0) is 6.61 Å². The molecule has 0 heterocycles. The minimum atomic E-state index is 0.0273. The summed E-state index contributed by atoms with van der Waals surface area (Å²) in [5, 5.41) is 9.08. The normalized spacial score (nSPS) is 11.6. The average molecular weight is 366 g/mol. The third-order valence-electron chi connectivity index (χ3n) is 2.34. The Morgan fingerprint density at radius 1 is 1.18 bits per heavy atom. The van der Waals surface area contributed by atoms with Crippen LogP contribution < -0.4 is 4.74 Å². The summed E-state index contributed by atoms with van der Waals surface area (Å²) in [5.74, 6) is 0.798. The van der Waals surface area contributed by atoms with Crippen molar-refractivity contribution in [2.75, 3.05) is 6.61 Å². The Balaban J connectivity index is 2.72. The van der Waals surface area contributed by atoms with Gasteiger partial charge in [-0.25, -0.2) is 0 Å². The summed E-state index contributed by atoms with van der Waals surface area (Å²) in [6.07, 6.45) is 0.994. The zero-order chi connectivity index (χ0) is 13.1. The molecule has 2 nitrogen and oxygen atoms in total. The molecule has 0 bridgehead atoms. The molecule has 0 aliphatic heterocycles. The van der Waals surface area contributed by atoms with Crippen molar-refractivity contribution in [3.63, 3.8) is 0 Å². The number of aliphatic hydroxyl groups is 1. The van der Waals surface area contributed by atoms with E-state index in [0.29, 0.717) is 6.61 Å². The van der Waals surface area contributed by atoms with Crippen molar-refractivity contribution in [3.05, 3.63) is 26.6 Å². The minimum absolute atomic E-state index is 0.0273. The molecule has 0 radical (unpaired) electrons. The highest BCUT2D eigenvalue weighted by molar-refractivity contribution is 9.11. The molecule has 0 amide bonds. The van der Waals surface area contributed by atoms with Crippen LogP contribution in [-0.4, -0.2) is 11.7 Å². The van der Waals surface area contributed by atoms with Gasteiger partial charge in [-0.1, -0.05) is 20.8 Å². The highest BCUT2D eigenvalue weighted by atomic mass is 79.9. The van der Waals surface area contributed by atoms with Crippen molar-refractivity contribution in [1.29, 1.82) is 0 Å². The maximum Gasteiger partial charge on any atom is 0.147 e. The molecule has 4 heteroatoms. The van der Waals surface area contributed by atoms with Gasteiger partial charge in [-0.05, 0) is 61.4 Å². The Bertz CT molecular complexity index is 360. The molecule has 1 aromatic carbocycles. The lowest BCUT2D eigenvalue weighted by molar-refractivity contribution is 0.240. The molecule has 0 spiro atoms. The van der Waals surface area contributed by atoms with Crippen molar-refractivity contribution in [2.24, 2.45) is 5.41 Å². The fourth-order valence-corrected chi connectivity index (χ4v) is 2.81. The molecule has 0 saturated heterocycles. The zero-order valence-electron chi connectivity index (χ0n) is 10.4. The van der Waals surface area contributed by atoms with Crippen molar-refractivity contribution < 1.29 is 9.84 Å². The predicted octanol–water partition coefficient (Wildman–Crippen LogP) is 4.52. The Hall–Kier alpha value is -0.0600. The quantitative estimate of drug-likeness (QED) is 0.849. The van der Waals surface area contributed by atoms with E-state index in [1.165, 1.54) is 0 Å². The lowest BCUT2D eigenvalue weighted by Crippen LogP contribution is -2.11. The molecule has 0 fully saturated rings. The van der Waals surface area contributed by atoms with Gasteiger partial charge in [-0.3, -0.25) is 0 Å². The maximum atomic E-state index is 9.08. The fourth-order valence-electron chi connectivity index (χ4n) is 1.30. The SMILES string of the molecule is CC(C)(C)CCOc1c(Br)cc(CO)cc1Br. The Morgan fingerprint density at radius 2 is 1.71 bits per heavy atom. The van der Waals surface area contributed by atoms with Crippen LogP contribution in [0.25, 0.3) is 0 Å². The van der Waals surface area contributed by atoms with Crippen molar-refractivity contribution in [3.8, 4) is 5.75 Å². The summed E-state index contributed by atoms with van der Waals surface area (Å²) >= 11 is 6.91. The molecule has 0 aromatic heterocycles. The second-order valence-corrected chi connectivity index (χ2v) is 6.91. The monoisotopic (exact) mass is 364 g/mol. The van der Waals surface area contributed by atoms with Crippen molar-refractivity contribution >= 4 is 31.9 Å². The first-order chi connectivity index (χ1) is 7.83. The molecule has 0 atom stereocenters. The fraction of sp³-hybridized carbons (Fsp3) is 0.538. The molecular weight excluding hydrogens is 348 g/mol. The van der Waals surface area contributed by atoms with Gasteiger partial charge in [0.05, 0.1) is 22.2 Å². The standard InChI is InChI=1S/C13H18Br2O2/c1-13(2,3)4-5-17-12-10(14)6-9(8-16)7-11(12)15/h6-7,16H,4-5,8H2,1-3H3. The number of rotatable bonds is 4. The lowest BCUT2D eigenvalue weighted by atomic mass is 9.93. The molecule has 96 valence electrons. The Kier molecular flexibility index (Phi) is 5.48. The average Bonchev–Trinajstić information content (AvgIpc) is 2.20. The van der Waals surface area contributed by atoms with Gasteiger partial charge >= 0.3 is 0 Å². The summed E-state index contributed by atoms with van der Waals surface area (Å²) in [4.78, 5) is 0. The van der Waals surface area contributed by atoms with E-state index in [0.717, 1.165) is 26.7 Å². The van der Waals surface area contributed by atoms with Crippen LogP contribution in [0.2, 0.25) is 0 Å². The van der Waals surface area contributed by atoms with Crippen LogP contribution in [0.15, 0.2) is 21.1 Å². The first kappa shape index (κ1) is 15.0. The van der Waals surface area contributed by atoms with E-state index in [1.807, 2.05) is 12.1 Å². The highest BCUT2D eigenvalue weighted by Crippen LogP contribution is 2.35. The first-order valence-corrected chi connectivity index (χ1v) is 7.13. The molecule has 0 aliphatic carbocycles. The number of halogens is 2. The van der Waals surface area contributed by atoms with Gasteiger partial charge < -0.3 is 9.84 Å². The number of benzene rings is 1. The van der Waals surface area contributed by atoms with E-state index in [1.54, 1.807) is 0 Å². The van der Waals surface area contributed by atoms with E-state index in [2.05, 4.69) is 52.6 Å². The Morgan fingerprint density at radius 3 is 2.12 bits per heavy atom. The van der Waals surface area contributed by atoms with E-state index < -0.39 is 0 Å². The first-order valence-electron chi connectivity index (χ1n) is 5.55. The third kappa shape index (κ3) is 4.98. The zero-order valence-corrected chi connectivity index (χ0v) is 13.6. The van der Waals surface area contributed by atoms with Gasteiger partial charge in [0.25, 0.3) is 0 Å². The number of ether oxygens (including phenoxy) is 1. The van der Waals surface area contributed by atoms with Crippen LogP contribution >= 0.6 is 31.9 Å². The predicted molar refractivity (Wildman–Crippen MR) is 77.3 cm³/mol. The smallest absolute Gasteiger partial charge is 0.147 e. The topological polar surface area (TPSA) is 29.5 Å². The molecule has 1 rings (SSSR count). The van der Waals surface area contributed by atoms with Crippen LogP contribution in [0.4, 0.5) is 0 Å². The van der Waals surface area contributed by atoms with Gasteiger partial charge in [0.1, 0.15) is 5.75 Å². The summed E-state index contributed by atoms with van der Waals surface area (Å²) in [6, 6.07) is 3.74. The summed E-state index contributed by atoms with van der Waals surface area (Å²) < 4.78 is 7.50. The number of aliphatic hydroxyl groups excluding tert-OH is 1. The van der Waals surface area contributed by atoms with Crippen LogP contribution in [0.5, 0.6) is 5.75 Å². The van der Waals surface area contributed by atoms with Gasteiger partial charge in [0.15, 0.2) is 0 Å². The third-order valence-corrected chi connectivity index (χ3v) is 3.52. The van der Waals surface area contributed by atoms with Gasteiger partial charge in [0, 0.05) is 0 Å². The maximum absolute atomic E-state index is 9.08. The lowest BCUT2D eigenvalue weighted by Gasteiger charge is -2.19. The molecule has 17 heavy (non-hydrogen) atoms. The number of hydrogen-bond acceptors (Lipinski definition) is 2. The van der Waals surface area contributed by atoms with E-state index in [9.17, 15) is 0 Å². The molecular formula is C13H18Br2O2. The molecule has 0 saturated carbocycles.